The molecule has 0 radical (unpaired) electrons. The van der Waals surface area contributed by atoms with Crippen molar-refractivity contribution < 1.29 is 13.7 Å². The average Bonchev–Trinajstić information content (AvgIpc) is 2.30. The first-order valence-corrected chi connectivity index (χ1v) is 7.62. The average molecular weight is 423 g/mol. The molecule has 0 aromatic heterocycles. The van der Waals surface area contributed by atoms with Crippen LogP contribution in [0.4, 0.5) is 0 Å². The summed E-state index contributed by atoms with van der Waals surface area (Å²) in [5.74, 6) is 0.345. The quantitative estimate of drug-likeness (QED) is 0.544. The number of hydrogen-bond donors (Lipinski definition) is 2. The van der Waals surface area contributed by atoms with Gasteiger partial charge in [0.05, 0.1) is 0 Å². The number of ether oxygens (including phenoxy) is 2. The summed E-state index contributed by atoms with van der Waals surface area (Å²) in [7, 11) is 0.292. The van der Waals surface area contributed by atoms with Gasteiger partial charge in [-0.05, 0) is 0 Å². The maximum absolute atomic E-state index is 11.5. The number of nitrogens with two attached hydrogens (primary N) is 1. The Morgan fingerprint density at radius 2 is 2.67 bits per heavy atom. The van der Waals surface area contributed by atoms with E-state index in [0.717, 1.165) is 0 Å². The second-order valence-electron chi connectivity index (χ2n) is 2.73. The van der Waals surface area contributed by atoms with E-state index in [1.165, 1.54) is 6.20 Å². The van der Waals surface area contributed by atoms with Crippen molar-refractivity contribution in [3.63, 3.8) is 0 Å². The monoisotopic (exact) mass is 423 g/mol. The van der Waals surface area contributed by atoms with Crippen molar-refractivity contribution >= 4 is 42.9 Å². The summed E-state index contributed by atoms with van der Waals surface area (Å²) in [6.45, 7) is 0.914. The molecular formula is C7H12N3O3STl. The van der Waals surface area contributed by atoms with Gasteiger partial charge in [0.1, 0.15) is 0 Å². The Kier molecular flexibility index (Phi) is 5.71. The molecule has 3 N–H and O–H groups in total. The maximum atomic E-state index is 11.5. The van der Waals surface area contributed by atoms with Gasteiger partial charge in [-0.15, -0.1) is 0 Å². The zero-order valence-electron chi connectivity index (χ0n) is 8.30. The van der Waals surface area contributed by atoms with Crippen molar-refractivity contribution in [2.45, 2.75) is 6.10 Å². The topological polar surface area (TPSA) is 85.9 Å². The molecule has 0 aromatic rings. The Bertz CT molecular complexity index is 308. The van der Waals surface area contributed by atoms with Crippen LogP contribution < -0.4 is 8.27 Å². The molecule has 0 saturated carbocycles. The van der Waals surface area contributed by atoms with Crippen LogP contribution in [0.15, 0.2) is 16.1 Å². The number of hydrogen-bond acceptors (Lipinski definition) is 5. The van der Waals surface area contributed by atoms with Crippen LogP contribution in [0.25, 0.3) is 0 Å². The molecule has 0 spiro atoms. The molecule has 0 fully saturated rings. The van der Waals surface area contributed by atoms with Crippen molar-refractivity contribution in [2.24, 2.45) is 10.7 Å². The number of aliphatic imine (C=N–C) groups is 1. The third-order valence-electron chi connectivity index (χ3n) is 1.85. The third kappa shape index (κ3) is 3.50. The zero-order chi connectivity index (χ0) is 11.3. The van der Waals surface area contributed by atoms with Crippen LogP contribution in [0.3, 0.4) is 0 Å². The molecule has 0 aromatic carbocycles. The molecule has 1 heterocycles. The van der Waals surface area contributed by atoms with Gasteiger partial charge in [0.2, 0.25) is 0 Å². The molecular weight excluding hydrogens is 411 g/mol. The molecule has 15 heavy (non-hydrogen) atoms. The number of methoxy groups -OCH3 is 1. The van der Waals surface area contributed by atoms with Crippen LogP contribution in [0, 0.1) is 0 Å². The molecule has 8 heteroatoms. The van der Waals surface area contributed by atoms with Crippen LogP contribution in [-0.2, 0) is 20.5 Å². The molecule has 1 rings (SSSR count). The van der Waals surface area contributed by atoms with Gasteiger partial charge < -0.3 is 0 Å². The summed E-state index contributed by atoms with van der Waals surface area (Å²) in [4.78, 5) is 4.52. The van der Waals surface area contributed by atoms with Crippen LogP contribution >= 0.6 is 0 Å². The van der Waals surface area contributed by atoms with E-state index >= 15 is 0 Å². The van der Waals surface area contributed by atoms with Gasteiger partial charge in [-0.25, -0.2) is 0 Å². The fourth-order valence-electron chi connectivity index (χ4n) is 1.02. The summed E-state index contributed by atoms with van der Waals surface area (Å²) >= 11 is 0.418. The molecule has 2 atom stereocenters. The predicted octanol–water partition coefficient (Wildman–Crippen LogP) is -1.43. The van der Waals surface area contributed by atoms with Crippen molar-refractivity contribution in [3.8, 4) is 0 Å². The van der Waals surface area contributed by atoms with Crippen LogP contribution in [0.5, 0.6) is 0 Å². The molecule has 82 valence electrons. The Morgan fingerprint density at radius 3 is 3.07 bits per heavy atom. The first-order valence-electron chi connectivity index (χ1n) is 4.23. The summed E-state index contributed by atoms with van der Waals surface area (Å²) in [6, 6.07) is 0. The van der Waals surface area contributed by atoms with E-state index in [2.05, 4.69) is 7.52 Å². The van der Waals surface area contributed by atoms with Gasteiger partial charge in [-0.2, -0.15) is 0 Å². The van der Waals surface area contributed by atoms with E-state index in [1.54, 1.807) is 7.11 Å². The number of nitrogens with one attached hydrogen (secondary N) is 1. The van der Waals surface area contributed by atoms with E-state index in [-0.39, 0.29) is 6.10 Å². The normalized spacial score (nSPS) is 24.1. The minimum atomic E-state index is -1.31. The first kappa shape index (κ1) is 13.1. The number of rotatable bonds is 4. The third-order valence-corrected chi connectivity index (χ3v) is 5.27. The van der Waals surface area contributed by atoms with E-state index in [9.17, 15) is 4.21 Å². The predicted molar refractivity (Wildman–Crippen MR) is 58.4 cm³/mol. The van der Waals surface area contributed by atoms with Gasteiger partial charge in [-0.3, -0.25) is 0 Å². The van der Waals surface area contributed by atoms with Crippen molar-refractivity contribution in [3.05, 3.63) is 11.1 Å². The van der Waals surface area contributed by atoms with Gasteiger partial charge in [0.25, 0.3) is 0 Å². The zero-order valence-corrected chi connectivity index (χ0v) is 13.6. The van der Waals surface area contributed by atoms with Gasteiger partial charge >= 0.3 is 107 Å². The fourth-order valence-corrected chi connectivity index (χ4v) is 3.04. The van der Waals surface area contributed by atoms with Crippen LogP contribution in [0.2, 0.25) is 0 Å². The van der Waals surface area contributed by atoms with Gasteiger partial charge in [-0.1, -0.05) is 0 Å². The van der Waals surface area contributed by atoms with E-state index in [0.29, 0.717) is 50.0 Å². The van der Waals surface area contributed by atoms with Crippen molar-refractivity contribution in [2.75, 3.05) is 20.3 Å². The van der Waals surface area contributed by atoms with Gasteiger partial charge in [0.15, 0.2) is 0 Å². The van der Waals surface area contributed by atoms with Gasteiger partial charge in [0, 0.05) is 0 Å². The molecule has 1 aliphatic rings. The summed E-state index contributed by atoms with van der Waals surface area (Å²) in [6.07, 6.45) is 1.23. The Balaban J connectivity index is 2.72. The molecule has 0 amide bonds. The Labute approximate surface area is 107 Å². The fraction of sp³-hybridized carbons (Fsp3) is 0.571. The molecule has 0 unspecified atom stereocenters. The SMILES string of the molecule is CO[C@H]1CN=C(C(=CN)[S@](=O)[NH][Tl])OC1. The summed E-state index contributed by atoms with van der Waals surface area (Å²) < 4.78 is 24.6. The van der Waals surface area contributed by atoms with E-state index < -0.39 is 11.0 Å². The first-order chi connectivity index (χ1) is 7.22. The van der Waals surface area contributed by atoms with E-state index in [1.807, 2.05) is 0 Å². The standard InChI is InChI=1S/C7H12N3O3S.Tl/c1-12-5-3-10-7(13-4-5)6(2-8)14(9)11;/h2,5,9H,3-4,8H2,1H3;/q-1;+1/t5-,14-;/m0./s1. The van der Waals surface area contributed by atoms with Crippen LogP contribution in [-0.4, -0.2) is 62.5 Å². The molecule has 0 bridgehead atoms. The van der Waals surface area contributed by atoms with Crippen LogP contribution in [0.1, 0.15) is 0 Å². The second-order valence-corrected chi connectivity index (χ2v) is 6.69. The number of nitrogens with zero attached hydrogens (tertiary/aromatic N) is 1. The molecule has 6 nitrogen and oxygen atoms in total. The van der Waals surface area contributed by atoms with Crippen molar-refractivity contribution in [1.29, 1.82) is 0 Å². The summed E-state index contributed by atoms with van der Waals surface area (Å²) in [5.41, 5.74) is 5.38. The Hall–Kier alpha value is 0.00208. The molecule has 1 aliphatic heterocycles. The van der Waals surface area contributed by atoms with E-state index in [4.69, 9.17) is 15.2 Å². The Morgan fingerprint density at radius 1 is 1.93 bits per heavy atom. The summed E-state index contributed by atoms with van der Waals surface area (Å²) in [5, 5.41) is 0. The second kappa shape index (κ2) is 6.56. The molecule has 0 saturated heterocycles. The van der Waals surface area contributed by atoms with Crippen molar-refractivity contribution in [1.82, 2.24) is 2.53 Å². The minimum absolute atomic E-state index is 0.0351. The molecule has 0 aliphatic carbocycles.